The van der Waals surface area contributed by atoms with E-state index in [2.05, 4.69) is 6.07 Å². The monoisotopic (exact) mass is 424 g/mol. The zero-order valence-corrected chi connectivity index (χ0v) is 18.0. The highest BCUT2D eigenvalue weighted by molar-refractivity contribution is 6.46. The Bertz CT molecular complexity index is 1200. The summed E-state index contributed by atoms with van der Waals surface area (Å²) in [7, 11) is 0. The molecule has 3 aromatic carbocycles. The van der Waals surface area contributed by atoms with E-state index in [1.165, 1.54) is 10.5 Å². The summed E-state index contributed by atoms with van der Waals surface area (Å²) in [5, 5.41) is 0. The average Bonchev–Trinajstić information content (AvgIpc) is 3.10. The Kier molecular flexibility index (Phi) is 5.23. The van der Waals surface area contributed by atoms with E-state index in [-0.39, 0.29) is 11.8 Å². The van der Waals surface area contributed by atoms with Crippen LogP contribution in [0.25, 0.3) is 5.57 Å². The van der Waals surface area contributed by atoms with Crippen molar-refractivity contribution in [2.75, 3.05) is 23.0 Å². The summed E-state index contributed by atoms with van der Waals surface area (Å²) in [4.78, 5) is 30.8. The van der Waals surface area contributed by atoms with Crippen LogP contribution in [0.2, 0.25) is 0 Å². The summed E-state index contributed by atoms with van der Waals surface area (Å²) in [6, 6.07) is 24.7. The number of amides is 2. The summed E-state index contributed by atoms with van der Waals surface area (Å²) < 4.78 is 5.52. The molecule has 0 aliphatic carbocycles. The summed E-state index contributed by atoms with van der Waals surface area (Å²) >= 11 is 0. The Morgan fingerprint density at radius 1 is 0.844 bits per heavy atom. The molecule has 5 nitrogen and oxygen atoms in total. The maximum Gasteiger partial charge on any atom is 0.282 e. The van der Waals surface area contributed by atoms with Gasteiger partial charge in [-0.15, -0.1) is 0 Å². The highest BCUT2D eigenvalue weighted by atomic mass is 16.5. The fraction of sp³-hybridized carbons (Fsp3) is 0.185. The summed E-state index contributed by atoms with van der Waals surface area (Å²) in [5.74, 6) is 0.106. The first kappa shape index (κ1) is 20.1. The number of para-hydroxylation sites is 1. The van der Waals surface area contributed by atoms with Crippen LogP contribution in [0.15, 0.2) is 84.6 Å². The first-order valence-electron chi connectivity index (χ1n) is 11.0. The number of benzene rings is 3. The number of aryl methyl sites for hydroxylation is 1. The number of hydrogen-bond acceptors (Lipinski definition) is 4. The molecular formula is C27H24N2O3. The minimum Gasteiger partial charge on any atom is -0.494 e. The van der Waals surface area contributed by atoms with Gasteiger partial charge in [0.15, 0.2) is 0 Å². The van der Waals surface area contributed by atoms with E-state index < -0.39 is 0 Å². The van der Waals surface area contributed by atoms with Crippen molar-refractivity contribution in [2.24, 2.45) is 0 Å². The smallest absolute Gasteiger partial charge is 0.282 e. The third kappa shape index (κ3) is 3.36. The van der Waals surface area contributed by atoms with Crippen molar-refractivity contribution < 1.29 is 14.3 Å². The van der Waals surface area contributed by atoms with Crippen molar-refractivity contribution >= 4 is 28.8 Å². The van der Waals surface area contributed by atoms with Gasteiger partial charge in [-0.1, -0.05) is 48.5 Å². The molecule has 2 aliphatic heterocycles. The van der Waals surface area contributed by atoms with Crippen LogP contribution in [0.3, 0.4) is 0 Å². The molecule has 0 fully saturated rings. The van der Waals surface area contributed by atoms with Crippen molar-refractivity contribution in [3.8, 4) is 5.75 Å². The quantitative estimate of drug-likeness (QED) is 0.551. The average molecular weight is 425 g/mol. The van der Waals surface area contributed by atoms with Gasteiger partial charge in [0.05, 0.1) is 17.9 Å². The van der Waals surface area contributed by atoms with Crippen LogP contribution >= 0.6 is 0 Å². The van der Waals surface area contributed by atoms with E-state index in [1.54, 1.807) is 24.3 Å². The highest BCUT2D eigenvalue weighted by Gasteiger charge is 2.43. The molecule has 0 spiro atoms. The van der Waals surface area contributed by atoms with Crippen molar-refractivity contribution in [2.45, 2.75) is 19.8 Å². The Labute approximate surface area is 187 Å². The van der Waals surface area contributed by atoms with Gasteiger partial charge in [-0.3, -0.25) is 9.59 Å². The summed E-state index contributed by atoms with van der Waals surface area (Å²) in [6.45, 7) is 3.16. The SMILES string of the molecule is CCOc1ccc(N2C(=O)C(c3ccccc3)=C(N3CCCc4ccccc43)C2=O)cc1. The molecule has 32 heavy (non-hydrogen) atoms. The van der Waals surface area contributed by atoms with Crippen LogP contribution in [0.4, 0.5) is 11.4 Å². The number of rotatable bonds is 5. The zero-order valence-electron chi connectivity index (χ0n) is 18.0. The maximum atomic E-state index is 13.8. The number of imide groups is 1. The molecule has 0 saturated carbocycles. The van der Waals surface area contributed by atoms with Crippen molar-refractivity contribution in [1.82, 2.24) is 0 Å². The molecule has 3 aromatic rings. The number of anilines is 2. The second-order valence-corrected chi connectivity index (χ2v) is 7.85. The molecule has 5 rings (SSSR count). The van der Waals surface area contributed by atoms with E-state index in [4.69, 9.17) is 4.74 Å². The van der Waals surface area contributed by atoms with E-state index in [9.17, 15) is 9.59 Å². The molecule has 0 bridgehead atoms. The van der Waals surface area contributed by atoms with Crippen LogP contribution in [0, 0.1) is 0 Å². The minimum absolute atomic E-state index is 0.297. The second-order valence-electron chi connectivity index (χ2n) is 7.85. The van der Waals surface area contributed by atoms with E-state index in [0.29, 0.717) is 35.9 Å². The summed E-state index contributed by atoms with van der Waals surface area (Å²) in [5.41, 5.74) is 4.37. The van der Waals surface area contributed by atoms with Gasteiger partial charge in [0.1, 0.15) is 11.4 Å². The molecule has 0 radical (unpaired) electrons. The van der Waals surface area contributed by atoms with E-state index >= 15 is 0 Å². The molecule has 0 aromatic heterocycles. The van der Waals surface area contributed by atoms with Crippen molar-refractivity contribution in [3.05, 3.63) is 95.7 Å². The molecule has 160 valence electrons. The minimum atomic E-state index is -0.302. The van der Waals surface area contributed by atoms with Gasteiger partial charge in [0, 0.05) is 12.2 Å². The van der Waals surface area contributed by atoms with E-state index in [1.807, 2.05) is 60.4 Å². The third-order valence-corrected chi connectivity index (χ3v) is 5.91. The molecule has 2 amide bonds. The second kappa shape index (κ2) is 8.35. The first-order valence-corrected chi connectivity index (χ1v) is 11.0. The van der Waals surface area contributed by atoms with Gasteiger partial charge in [0.25, 0.3) is 11.8 Å². The van der Waals surface area contributed by atoms with Gasteiger partial charge < -0.3 is 9.64 Å². The topological polar surface area (TPSA) is 49.9 Å². The third-order valence-electron chi connectivity index (χ3n) is 5.91. The lowest BCUT2D eigenvalue weighted by Gasteiger charge is -2.32. The van der Waals surface area contributed by atoms with Crippen LogP contribution in [0.5, 0.6) is 5.75 Å². The highest BCUT2D eigenvalue weighted by Crippen LogP contribution is 2.39. The number of hydrogen-bond donors (Lipinski definition) is 0. The van der Waals surface area contributed by atoms with Gasteiger partial charge in [0.2, 0.25) is 0 Å². The molecule has 0 atom stereocenters. The Balaban J connectivity index is 1.63. The van der Waals surface area contributed by atoms with Gasteiger partial charge in [-0.2, -0.15) is 0 Å². The van der Waals surface area contributed by atoms with Crippen LogP contribution in [0.1, 0.15) is 24.5 Å². The molecule has 5 heteroatoms. The standard InChI is InChI=1S/C27H24N2O3/c1-2-32-22-16-14-21(15-17-22)29-26(30)24(20-10-4-3-5-11-20)25(27(29)31)28-18-8-12-19-9-6-7-13-23(19)28/h3-7,9-11,13-17H,2,8,12,18H2,1H3. The Morgan fingerprint density at radius 3 is 2.31 bits per heavy atom. The number of carbonyl (C=O) groups is 2. The molecule has 2 heterocycles. The normalized spacial score (nSPS) is 15.9. The number of nitrogens with zero attached hydrogens (tertiary/aromatic N) is 2. The predicted octanol–water partition coefficient (Wildman–Crippen LogP) is 4.82. The molecule has 0 unspecified atom stereocenters. The Hall–Kier alpha value is -3.86. The van der Waals surface area contributed by atoms with Crippen LogP contribution in [-0.2, 0) is 16.0 Å². The number of carbonyl (C=O) groups excluding carboxylic acids is 2. The molecule has 0 saturated heterocycles. The van der Waals surface area contributed by atoms with Crippen molar-refractivity contribution in [3.63, 3.8) is 0 Å². The van der Waals surface area contributed by atoms with Crippen LogP contribution in [-0.4, -0.2) is 25.0 Å². The lowest BCUT2D eigenvalue weighted by atomic mass is 9.98. The number of fused-ring (bicyclic) bond motifs is 1. The molecular weight excluding hydrogens is 400 g/mol. The van der Waals surface area contributed by atoms with Gasteiger partial charge in [-0.05, 0) is 61.2 Å². The molecule has 2 aliphatic rings. The fourth-order valence-corrected chi connectivity index (χ4v) is 4.49. The van der Waals surface area contributed by atoms with E-state index in [0.717, 1.165) is 24.1 Å². The fourth-order valence-electron chi connectivity index (χ4n) is 4.49. The summed E-state index contributed by atoms with van der Waals surface area (Å²) in [6.07, 6.45) is 1.89. The lowest BCUT2D eigenvalue weighted by Crippen LogP contribution is -2.37. The molecule has 0 N–H and O–H groups in total. The number of ether oxygens (including phenoxy) is 1. The largest absolute Gasteiger partial charge is 0.494 e. The lowest BCUT2D eigenvalue weighted by molar-refractivity contribution is -0.120. The van der Waals surface area contributed by atoms with Crippen LogP contribution < -0.4 is 14.5 Å². The Morgan fingerprint density at radius 2 is 1.56 bits per heavy atom. The van der Waals surface area contributed by atoms with Gasteiger partial charge in [-0.25, -0.2) is 4.90 Å². The first-order chi connectivity index (χ1) is 15.7. The predicted molar refractivity (Wildman–Crippen MR) is 126 cm³/mol. The maximum absolute atomic E-state index is 13.8. The van der Waals surface area contributed by atoms with Crippen molar-refractivity contribution in [1.29, 1.82) is 0 Å². The zero-order chi connectivity index (χ0) is 22.1. The van der Waals surface area contributed by atoms with Gasteiger partial charge >= 0.3 is 0 Å².